The van der Waals surface area contributed by atoms with Crippen molar-refractivity contribution in [1.29, 1.82) is 0 Å². The number of hydrogen-bond donors (Lipinski definition) is 0. The number of rotatable bonds is 6. The molecule has 0 spiro atoms. The number of ether oxygens (including phenoxy) is 1. The Hall–Kier alpha value is -1.98. The number of likely N-dealkylation sites (N-methyl/N-ethyl adjacent to an activating group) is 1. The van der Waals surface area contributed by atoms with Gasteiger partial charge < -0.3 is 9.64 Å². The number of hydrogen-bond acceptors (Lipinski definition) is 3. The lowest BCUT2D eigenvalue weighted by molar-refractivity contribution is -0.141. The molecule has 0 aliphatic carbocycles. The normalized spacial score (nSPS) is 10.2. The van der Waals surface area contributed by atoms with Crippen molar-refractivity contribution in [2.75, 3.05) is 20.2 Å². The van der Waals surface area contributed by atoms with Gasteiger partial charge in [0.2, 0.25) is 5.91 Å². The van der Waals surface area contributed by atoms with Crippen LogP contribution in [0.1, 0.15) is 18.9 Å². The van der Waals surface area contributed by atoms with E-state index in [1.807, 2.05) is 0 Å². The molecule has 0 unspecified atom stereocenters. The topological polar surface area (TPSA) is 46.6 Å². The minimum absolute atomic E-state index is 0.0514. The van der Waals surface area contributed by atoms with Crippen molar-refractivity contribution in [2.45, 2.75) is 19.8 Å². The molecule has 0 saturated carbocycles. The Balaban J connectivity index is 2.70. The van der Waals surface area contributed by atoms with Crippen molar-refractivity contribution in [3.8, 4) is 0 Å². The summed E-state index contributed by atoms with van der Waals surface area (Å²) in [5.74, 6) is -2.36. The molecule has 0 atom stereocenters. The molecule has 0 saturated heterocycles. The maximum absolute atomic E-state index is 13.5. The highest BCUT2D eigenvalue weighted by molar-refractivity contribution is 5.79. The third-order valence-electron chi connectivity index (χ3n) is 2.94. The van der Waals surface area contributed by atoms with E-state index >= 15 is 0 Å². The van der Waals surface area contributed by atoms with Gasteiger partial charge in [-0.25, -0.2) is 8.78 Å². The predicted molar refractivity (Wildman–Crippen MR) is 68.9 cm³/mol. The van der Waals surface area contributed by atoms with E-state index in [1.165, 1.54) is 18.1 Å². The molecule has 0 aromatic heterocycles. The average Bonchev–Trinajstić information content (AvgIpc) is 2.43. The molecule has 0 radical (unpaired) electrons. The second-order valence-electron chi connectivity index (χ2n) is 4.18. The molecular weight excluding hydrogens is 268 g/mol. The Morgan fingerprint density at radius 2 is 1.85 bits per heavy atom. The number of benzene rings is 1. The number of nitrogens with zero attached hydrogens (tertiary/aromatic N) is 1. The molecule has 1 aromatic rings. The molecular formula is C14H17F2NO3. The fourth-order valence-electron chi connectivity index (χ4n) is 1.75. The lowest BCUT2D eigenvalue weighted by Gasteiger charge is -2.20. The van der Waals surface area contributed by atoms with Gasteiger partial charge >= 0.3 is 5.97 Å². The minimum atomic E-state index is -0.748. The number of amides is 1. The Kier molecular flexibility index (Phi) is 6.09. The van der Waals surface area contributed by atoms with E-state index in [2.05, 4.69) is 4.74 Å². The lowest BCUT2D eigenvalue weighted by Crippen LogP contribution is -2.34. The van der Waals surface area contributed by atoms with Gasteiger partial charge in [0.25, 0.3) is 0 Å². The van der Waals surface area contributed by atoms with E-state index in [0.717, 1.165) is 12.1 Å². The van der Waals surface area contributed by atoms with Crippen LogP contribution in [0.15, 0.2) is 18.2 Å². The number of carbonyl (C=O) groups excluding carboxylic acids is 2. The van der Waals surface area contributed by atoms with Crippen LogP contribution in [0.2, 0.25) is 0 Å². The van der Waals surface area contributed by atoms with Crippen molar-refractivity contribution in [2.24, 2.45) is 0 Å². The van der Waals surface area contributed by atoms with Gasteiger partial charge in [0, 0.05) is 18.7 Å². The van der Waals surface area contributed by atoms with Gasteiger partial charge in [-0.15, -0.1) is 0 Å². The third-order valence-corrected chi connectivity index (χ3v) is 2.94. The van der Waals surface area contributed by atoms with E-state index < -0.39 is 23.5 Å². The van der Waals surface area contributed by atoms with Crippen LogP contribution in [0.5, 0.6) is 0 Å². The molecule has 1 amide bonds. The summed E-state index contributed by atoms with van der Waals surface area (Å²) in [5.41, 5.74) is -0.256. The first-order chi connectivity index (χ1) is 9.49. The van der Waals surface area contributed by atoms with E-state index in [9.17, 15) is 18.4 Å². The molecule has 0 aliphatic heterocycles. The Labute approximate surface area is 116 Å². The number of esters is 1. The standard InChI is InChI=1S/C14H17F2NO3/c1-3-17(8-7-14(19)20-2)13(18)9-10-11(15)5-4-6-12(10)16/h4-6H,3,7-9H2,1-2H3. The van der Waals surface area contributed by atoms with Crippen LogP contribution in [0.4, 0.5) is 8.78 Å². The van der Waals surface area contributed by atoms with E-state index in [1.54, 1.807) is 6.92 Å². The maximum Gasteiger partial charge on any atom is 0.307 e. The molecule has 0 heterocycles. The van der Waals surface area contributed by atoms with Crippen LogP contribution in [0, 0.1) is 11.6 Å². The Morgan fingerprint density at radius 3 is 2.35 bits per heavy atom. The molecule has 4 nitrogen and oxygen atoms in total. The van der Waals surface area contributed by atoms with Crippen molar-refractivity contribution >= 4 is 11.9 Å². The van der Waals surface area contributed by atoms with Gasteiger partial charge in [0.1, 0.15) is 11.6 Å². The molecule has 20 heavy (non-hydrogen) atoms. The van der Waals surface area contributed by atoms with Crippen LogP contribution in [0.3, 0.4) is 0 Å². The van der Waals surface area contributed by atoms with Crippen LogP contribution >= 0.6 is 0 Å². The Morgan fingerprint density at radius 1 is 1.25 bits per heavy atom. The molecule has 1 aromatic carbocycles. The van der Waals surface area contributed by atoms with Crippen LogP contribution < -0.4 is 0 Å². The molecule has 1 rings (SSSR count). The molecule has 110 valence electrons. The van der Waals surface area contributed by atoms with Gasteiger partial charge in [-0.1, -0.05) is 6.07 Å². The van der Waals surface area contributed by atoms with Crippen molar-refractivity contribution < 1.29 is 23.1 Å². The van der Waals surface area contributed by atoms with Gasteiger partial charge in [-0.3, -0.25) is 9.59 Å². The largest absolute Gasteiger partial charge is 0.469 e. The summed E-state index contributed by atoms with van der Waals surface area (Å²) in [6.07, 6.45) is -0.316. The fraction of sp³-hybridized carbons (Fsp3) is 0.429. The third kappa shape index (κ3) is 4.29. The van der Waals surface area contributed by atoms with Crippen LogP contribution in [-0.4, -0.2) is 37.0 Å². The first-order valence-electron chi connectivity index (χ1n) is 6.27. The summed E-state index contributed by atoms with van der Waals surface area (Å²) >= 11 is 0. The maximum atomic E-state index is 13.5. The first kappa shape index (κ1) is 16.1. The number of carbonyl (C=O) groups is 2. The van der Waals surface area contributed by atoms with Gasteiger partial charge in [-0.05, 0) is 19.1 Å². The summed E-state index contributed by atoms with van der Waals surface area (Å²) < 4.78 is 31.4. The molecule has 0 fully saturated rings. The molecule has 0 aliphatic rings. The summed E-state index contributed by atoms with van der Waals surface area (Å²) in [7, 11) is 1.26. The first-order valence-corrected chi connectivity index (χ1v) is 6.27. The van der Waals surface area contributed by atoms with Gasteiger partial charge in [-0.2, -0.15) is 0 Å². The highest BCUT2D eigenvalue weighted by atomic mass is 19.1. The second-order valence-corrected chi connectivity index (χ2v) is 4.18. The summed E-state index contributed by atoms with van der Waals surface area (Å²) in [4.78, 5) is 24.4. The van der Waals surface area contributed by atoms with Crippen LogP contribution in [0.25, 0.3) is 0 Å². The lowest BCUT2D eigenvalue weighted by atomic mass is 10.1. The summed E-state index contributed by atoms with van der Waals surface area (Å²) in [5, 5.41) is 0. The molecule has 0 N–H and O–H groups in total. The van der Waals surface area contributed by atoms with Crippen molar-refractivity contribution in [3.63, 3.8) is 0 Å². The van der Waals surface area contributed by atoms with Gasteiger partial charge in [0.05, 0.1) is 20.0 Å². The fourth-order valence-corrected chi connectivity index (χ4v) is 1.75. The SMILES string of the molecule is CCN(CCC(=O)OC)C(=O)Cc1c(F)cccc1F. The highest BCUT2D eigenvalue weighted by Gasteiger charge is 2.18. The zero-order valence-corrected chi connectivity index (χ0v) is 11.5. The zero-order chi connectivity index (χ0) is 15.1. The quantitative estimate of drug-likeness (QED) is 0.750. The molecule has 0 bridgehead atoms. The monoisotopic (exact) mass is 285 g/mol. The summed E-state index contributed by atoms with van der Waals surface area (Å²) in [6, 6.07) is 3.46. The highest BCUT2D eigenvalue weighted by Crippen LogP contribution is 2.14. The Bertz CT molecular complexity index is 471. The smallest absolute Gasteiger partial charge is 0.307 e. The second kappa shape index (κ2) is 7.57. The number of halogens is 2. The predicted octanol–water partition coefficient (Wildman–Crippen LogP) is 1.92. The van der Waals surface area contributed by atoms with Crippen molar-refractivity contribution in [1.82, 2.24) is 4.90 Å². The van der Waals surface area contributed by atoms with E-state index in [0.29, 0.717) is 6.54 Å². The van der Waals surface area contributed by atoms with Crippen LogP contribution in [-0.2, 0) is 20.7 Å². The average molecular weight is 285 g/mol. The number of methoxy groups -OCH3 is 1. The van der Waals surface area contributed by atoms with E-state index in [4.69, 9.17) is 0 Å². The molecule has 6 heteroatoms. The minimum Gasteiger partial charge on any atom is -0.469 e. The van der Waals surface area contributed by atoms with Crippen molar-refractivity contribution in [3.05, 3.63) is 35.4 Å². The van der Waals surface area contributed by atoms with E-state index in [-0.39, 0.29) is 24.9 Å². The van der Waals surface area contributed by atoms with Gasteiger partial charge in [0.15, 0.2) is 0 Å². The summed E-state index contributed by atoms with van der Waals surface area (Å²) in [6.45, 7) is 2.25. The zero-order valence-electron chi connectivity index (χ0n) is 11.5.